The minimum Gasteiger partial charge on any atom is -0.384 e. The van der Waals surface area contributed by atoms with E-state index in [1.807, 2.05) is 0 Å². The largest absolute Gasteiger partial charge is 0.384 e. The Bertz CT molecular complexity index is 318. The maximum atomic E-state index is 12.4. The molecule has 0 atom stereocenters. The first-order valence-corrected chi connectivity index (χ1v) is 3.01. The van der Waals surface area contributed by atoms with Crippen LogP contribution in [-0.2, 0) is 0 Å². The van der Waals surface area contributed by atoms with E-state index in [1.54, 1.807) is 0 Å². The summed E-state index contributed by atoms with van der Waals surface area (Å²) in [6.45, 7) is 0. The lowest BCUT2D eigenvalue weighted by Gasteiger charge is -1.99. The van der Waals surface area contributed by atoms with Crippen molar-refractivity contribution >= 4 is 18.2 Å². The second-order valence-electron chi connectivity index (χ2n) is 2.17. The van der Waals surface area contributed by atoms with Gasteiger partial charge >= 0.3 is 0 Å². The van der Waals surface area contributed by atoms with Gasteiger partial charge in [-0.25, -0.2) is 13.2 Å². The number of hydrogen-bond donors (Lipinski definition) is 2. The van der Waals surface area contributed by atoms with Crippen LogP contribution in [0.4, 0.5) is 13.2 Å². The molecule has 0 aliphatic carbocycles. The van der Waals surface area contributed by atoms with E-state index in [1.165, 1.54) is 0 Å². The standard InChI is InChI=1S/C7H5F3N2.ClH/c8-4-1-3(7(11)12)2-5(9)6(4)10;/h1-2H,(H3,11,12);1H. The van der Waals surface area contributed by atoms with E-state index < -0.39 is 23.3 Å². The Labute approximate surface area is 78.5 Å². The lowest BCUT2D eigenvalue weighted by atomic mass is 10.2. The number of amidine groups is 1. The van der Waals surface area contributed by atoms with Crippen molar-refractivity contribution in [1.29, 1.82) is 5.41 Å². The molecule has 0 amide bonds. The Morgan fingerprint density at radius 2 is 1.54 bits per heavy atom. The van der Waals surface area contributed by atoms with Crippen molar-refractivity contribution in [3.63, 3.8) is 0 Å². The Kier molecular flexibility index (Phi) is 3.74. The van der Waals surface area contributed by atoms with E-state index in [2.05, 4.69) is 0 Å². The SMILES string of the molecule is Cl.N=C(N)c1cc(F)c(F)c(F)c1. The van der Waals surface area contributed by atoms with Crippen molar-refractivity contribution in [1.82, 2.24) is 0 Å². The van der Waals surface area contributed by atoms with E-state index in [0.717, 1.165) is 0 Å². The van der Waals surface area contributed by atoms with E-state index in [-0.39, 0.29) is 18.0 Å². The smallest absolute Gasteiger partial charge is 0.194 e. The Morgan fingerprint density at radius 3 is 1.85 bits per heavy atom. The molecule has 0 bridgehead atoms. The average Bonchev–Trinajstić information content (AvgIpc) is 1.99. The molecule has 0 fully saturated rings. The normalized spacial score (nSPS) is 9.15. The van der Waals surface area contributed by atoms with Crippen LogP contribution in [0.3, 0.4) is 0 Å². The van der Waals surface area contributed by atoms with Crippen LogP contribution in [0.2, 0.25) is 0 Å². The second-order valence-corrected chi connectivity index (χ2v) is 2.17. The number of benzene rings is 1. The van der Waals surface area contributed by atoms with Gasteiger partial charge < -0.3 is 5.73 Å². The first-order chi connectivity index (χ1) is 5.52. The molecule has 0 aliphatic rings. The summed E-state index contributed by atoms with van der Waals surface area (Å²) in [4.78, 5) is 0. The first-order valence-electron chi connectivity index (χ1n) is 3.01. The van der Waals surface area contributed by atoms with Crippen LogP contribution in [0.5, 0.6) is 0 Å². The third-order valence-corrected chi connectivity index (χ3v) is 1.29. The summed E-state index contributed by atoms with van der Waals surface area (Å²) in [6.07, 6.45) is 0. The lowest BCUT2D eigenvalue weighted by Crippen LogP contribution is -2.12. The third-order valence-electron chi connectivity index (χ3n) is 1.29. The zero-order chi connectivity index (χ0) is 9.30. The zero-order valence-electron chi connectivity index (χ0n) is 6.27. The molecule has 0 saturated heterocycles. The summed E-state index contributed by atoms with van der Waals surface area (Å²) in [7, 11) is 0. The van der Waals surface area contributed by atoms with Crippen LogP contribution in [0, 0.1) is 22.9 Å². The number of nitrogens with two attached hydrogens (primary N) is 1. The minimum absolute atomic E-state index is 0. The van der Waals surface area contributed by atoms with Gasteiger partial charge in [-0.15, -0.1) is 12.4 Å². The maximum absolute atomic E-state index is 12.4. The summed E-state index contributed by atoms with van der Waals surface area (Å²) >= 11 is 0. The van der Waals surface area contributed by atoms with Crippen molar-refractivity contribution in [2.24, 2.45) is 5.73 Å². The van der Waals surface area contributed by atoms with Crippen molar-refractivity contribution < 1.29 is 13.2 Å². The van der Waals surface area contributed by atoms with Gasteiger partial charge in [0.15, 0.2) is 17.5 Å². The number of hydrogen-bond acceptors (Lipinski definition) is 1. The monoisotopic (exact) mass is 210 g/mol. The fourth-order valence-electron chi connectivity index (χ4n) is 0.711. The van der Waals surface area contributed by atoms with Gasteiger partial charge in [0.2, 0.25) is 0 Å². The highest BCUT2D eigenvalue weighted by Crippen LogP contribution is 2.12. The molecule has 6 heteroatoms. The zero-order valence-corrected chi connectivity index (χ0v) is 7.09. The summed E-state index contributed by atoms with van der Waals surface area (Å²) in [5.41, 5.74) is 4.75. The molecule has 0 spiro atoms. The van der Waals surface area contributed by atoms with E-state index >= 15 is 0 Å². The van der Waals surface area contributed by atoms with Crippen LogP contribution in [-0.4, -0.2) is 5.84 Å². The Morgan fingerprint density at radius 1 is 1.15 bits per heavy atom. The average molecular weight is 211 g/mol. The molecular formula is C7H6ClF3N2. The quantitative estimate of drug-likeness (QED) is 0.415. The summed E-state index contributed by atoms with van der Waals surface area (Å²) < 4.78 is 37.2. The van der Waals surface area contributed by atoms with Crippen molar-refractivity contribution in [3.8, 4) is 0 Å². The topological polar surface area (TPSA) is 49.9 Å². The van der Waals surface area contributed by atoms with Crippen LogP contribution < -0.4 is 5.73 Å². The van der Waals surface area contributed by atoms with Crippen molar-refractivity contribution in [2.45, 2.75) is 0 Å². The summed E-state index contributed by atoms with van der Waals surface area (Å²) in [6, 6.07) is 1.33. The molecule has 2 nitrogen and oxygen atoms in total. The fraction of sp³-hybridized carbons (Fsp3) is 0. The number of nitrogens with one attached hydrogen (secondary N) is 1. The van der Waals surface area contributed by atoms with Gasteiger partial charge in [0.25, 0.3) is 0 Å². The molecule has 0 aliphatic heterocycles. The number of rotatable bonds is 1. The van der Waals surface area contributed by atoms with Crippen molar-refractivity contribution in [3.05, 3.63) is 35.1 Å². The molecule has 0 heterocycles. The lowest BCUT2D eigenvalue weighted by molar-refractivity contribution is 0.447. The molecule has 3 N–H and O–H groups in total. The Hall–Kier alpha value is -1.23. The van der Waals surface area contributed by atoms with Crippen LogP contribution in [0.1, 0.15) is 5.56 Å². The van der Waals surface area contributed by atoms with Gasteiger partial charge in [0, 0.05) is 5.56 Å². The van der Waals surface area contributed by atoms with Crippen LogP contribution in [0.25, 0.3) is 0 Å². The number of halogens is 4. The molecule has 1 aromatic rings. The van der Waals surface area contributed by atoms with Gasteiger partial charge in [-0.1, -0.05) is 0 Å². The predicted molar refractivity (Wildman–Crippen MR) is 44.6 cm³/mol. The fourth-order valence-corrected chi connectivity index (χ4v) is 0.711. The third kappa shape index (κ3) is 2.35. The molecule has 0 aromatic heterocycles. The van der Waals surface area contributed by atoms with E-state index in [9.17, 15) is 13.2 Å². The van der Waals surface area contributed by atoms with Gasteiger partial charge in [-0.05, 0) is 12.1 Å². The van der Waals surface area contributed by atoms with Gasteiger partial charge in [-0.3, -0.25) is 5.41 Å². The number of nitrogen functional groups attached to an aromatic ring is 1. The molecule has 0 radical (unpaired) electrons. The molecule has 0 unspecified atom stereocenters. The maximum Gasteiger partial charge on any atom is 0.194 e. The Balaban J connectivity index is 0.00000144. The van der Waals surface area contributed by atoms with Crippen LogP contribution >= 0.6 is 12.4 Å². The highest BCUT2D eigenvalue weighted by atomic mass is 35.5. The second kappa shape index (κ2) is 4.13. The molecule has 72 valence electrons. The van der Waals surface area contributed by atoms with Gasteiger partial charge in [0.05, 0.1) is 0 Å². The van der Waals surface area contributed by atoms with Gasteiger partial charge in [0.1, 0.15) is 5.84 Å². The van der Waals surface area contributed by atoms with Crippen LogP contribution in [0.15, 0.2) is 12.1 Å². The summed E-state index contributed by atoms with van der Waals surface area (Å²) in [5.74, 6) is -4.76. The predicted octanol–water partition coefficient (Wildman–Crippen LogP) is 1.81. The molecular weight excluding hydrogens is 205 g/mol. The van der Waals surface area contributed by atoms with E-state index in [4.69, 9.17) is 11.1 Å². The molecule has 1 aromatic carbocycles. The molecule has 0 saturated carbocycles. The van der Waals surface area contributed by atoms with E-state index in [0.29, 0.717) is 12.1 Å². The highest BCUT2D eigenvalue weighted by Gasteiger charge is 2.11. The highest BCUT2D eigenvalue weighted by molar-refractivity contribution is 5.94. The van der Waals surface area contributed by atoms with Crippen molar-refractivity contribution in [2.75, 3.05) is 0 Å². The first kappa shape index (κ1) is 11.8. The van der Waals surface area contributed by atoms with Gasteiger partial charge in [-0.2, -0.15) is 0 Å². The molecule has 13 heavy (non-hydrogen) atoms. The summed E-state index contributed by atoms with van der Waals surface area (Å²) in [5, 5.41) is 6.82. The minimum atomic E-state index is -1.56. The molecule has 1 rings (SSSR count).